The highest BCUT2D eigenvalue weighted by Gasteiger charge is 2.48. The van der Waals surface area contributed by atoms with Crippen molar-refractivity contribution in [2.75, 3.05) is 0 Å². The first-order valence-electron chi connectivity index (χ1n) is 17.3. The van der Waals surface area contributed by atoms with Crippen LogP contribution in [0, 0.1) is 0 Å². The lowest BCUT2D eigenvalue weighted by Crippen LogP contribution is -2.28. The van der Waals surface area contributed by atoms with E-state index in [2.05, 4.69) is 103 Å². The second-order valence-electron chi connectivity index (χ2n) is 13.0. The van der Waals surface area contributed by atoms with Crippen molar-refractivity contribution in [1.29, 1.82) is 0 Å². The van der Waals surface area contributed by atoms with Gasteiger partial charge in [-0.05, 0) is 64.2 Å². The summed E-state index contributed by atoms with van der Waals surface area (Å²) < 4.78 is 13.8. The summed E-state index contributed by atoms with van der Waals surface area (Å²) >= 11 is 6.45. The summed E-state index contributed by atoms with van der Waals surface area (Å²) in [5.41, 5.74) is 10.4. The first kappa shape index (κ1) is 30.3. The Morgan fingerprint density at radius 3 is 1.77 bits per heavy atom. The average molecular weight is 689 g/mol. The zero-order valence-electron chi connectivity index (χ0n) is 27.8. The quantitative estimate of drug-likeness (QED) is 0.180. The molecule has 0 radical (unpaired) electrons. The minimum Gasteiger partial charge on any atom is -0.449 e. The van der Waals surface area contributed by atoms with E-state index < -0.39 is 5.41 Å². The van der Waals surface area contributed by atoms with Crippen molar-refractivity contribution in [1.82, 2.24) is 9.97 Å². The molecule has 8 aromatic rings. The molecule has 1 aliphatic heterocycles. The molecular formula is C47H29ClN2O2. The summed E-state index contributed by atoms with van der Waals surface area (Å²) in [5.74, 6) is 3.03. The van der Waals surface area contributed by atoms with E-state index in [0.717, 1.165) is 44.8 Å². The third kappa shape index (κ3) is 4.69. The molecule has 0 bridgehead atoms. The molecule has 1 aliphatic carbocycles. The van der Waals surface area contributed by atoms with Crippen molar-refractivity contribution in [3.05, 3.63) is 203 Å². The Bertz CT molecular complexity index is 2600. The van der Waals surface area contributed by atoms with Crippen LogP contribution in [0.4, 0.5) is 0 Å². The number of fused-ring (bicyclic) bond motifs is 6. The topological polar surface area (TPSA) is 44.2 Å². The fourth-order valence-corrected chi connectivity index (χ4v) is 8.07. The van der Waals surface area contributed by atoms with E-state index in [-0.39, 0.29) is 0 Å². The minimum atomic E-state index is -0.564. The summed E-state index contributed by atoms with van der Waals surface area (Å²) in [7, 11) is 0. The number of para-hydroxylation sites is 1. The van der Waals surface area contributed by atoms with E-state index in [9.17, 15) is 0 Å². The number of nitrogens with zero attached hydrogens (tertiary/aromatic N) is 2. The van der Waals surface area contributed by atoms with Crippen LogP contribution in [0.2, 0.25) is 5.02 Å². The fourth-order valence-electron chi connectivity index (χ4n) is 7.88. The van der Waals surface area contributed by atoms with E-state index in [1.165, 1.54) is 16.7 Å². The zero-order chi connectivity index (χ0) is 34.6. The maximum absolute atomic E-state index is 7.11. The van der Waals surface area contributed by atoms with E-state index >= 15 is 0 Å². The third-order valence-corrected chi connectivity index (χ3v) is 10.3. The number of rotatable bonds is 5. The fraction of sp³-hybridized carbons (Fsp3) is 0.0213. The molecule has 7 aromatic carbocycles. The van der Waals surface area contributed by atoms with Gasteiger partial charge in [-0.2, -0.15) is 0 Å². The average Bonchev–Trinajstić information content (AvgIpc) is 3.52. The van der Waals surface area contributed by atoms with Crippen LogP contribution in [-0.4, -0.2) is 9.97 Å². The third-order valence-electron chi connectivity index (χ3n) is 10.1. The van der Waals surface area contributed by atoms with Crippen LogP contribution in [0.5, 0.6) is 23.0 Å². The van der Waals surface area contributed by atoms with Gasteiger partial charge in [0.2, 0.25) is 0 Å². The molecule has 0 fully saturated rings. The molecule has 4 nitrogen and oxygen atoms in total. The smallest absolute Gasteiger partial charge is 0.181 e. The van der Waals surface area contributed by atoms with Gasteiger partial charge in [0.1, 0.15) is 0 Å². The SMILES string of the molecule is Clc1cccc(-c2cc(-c3ccccc3)nc(-c3cccc4c3Oc3c(ccc5c3-c3ccccc3C5(c3ccccc3)c3ccccc3)O4)n2)c1. The van der Waals surface area contributed by atoms with Crippen LogP contribution >= 0.6 is 11.6 Å². The number of ether oxygens (including phenoxy) is 2. The Hall–Kier alpha value is -6.49. The van der Waals surface area contributed by atoms with Gasteiger partial charge < -0.3 is 9.47 Å². The highest BCUT2D eigenvalue weighted by atomic mass is 35.5. The van der Waals surface area contributed by atoms with Crippen molar-refractivity contribution >= 4 is 11.6 Å². The molecule has 52 heavy (non-hydrogen) atoms. The van der Waals surface area contributed by atoms with Gasteiger partial charge >= 0.3 is 0 Å². The summed E-state index contributed by atoms with van der Waals surface area (Å²) in [4.78, 5) is 10.2. The van der Waals surface area contributed by atoms with Crippen LogP contribution in [0.25, 0.3) is 45.0 Å². The summed E-state index contributed by atoms with van der Waals surface area (Å²) in [6.07, 6.45) is 0. The molecular weight excluding hydrogens is 660 g/mol. The van der Waals surface area contributed by atoms with E-state index in [4.69, 9.17) is 31.0 Å². The molecule has 1 aromatic heterocycles. The molecule has 0 spiro atoms. The Morgan fingerprint density at radius 1 is 0.442 bits per heavy atom. The van der Waals surface area contributed by atoms with Gasteiger partial charge in [0, 0.05) is 21.7 Å². The van der Waals surface area contributed by atoms with Crippen molar-refractivity contribution in [3.8, 4) is 68.0 Å². The first-order valence-corrected chi connectivity index (χ1v) is 17.6. The number of aromatic nitrogens is 2. The minimum absolute atomic E-state index is 0.524. The van der Waals surface area contributed by atoms with Gasteiger partial charge in [0.25, 0.3) is 0 Å². The lowest BCUT2D eigenvalue weighted by atomic mass is 9.68. The number of benzene rings is 7. The van der Waals surface area contributed by atoms with E-state index in [0.29, 0.717) is 33.8 Å². The largest absolute Gasteiger partial charge is 0.449 e. The van der Waals surface area contributed by atoms with Gasteiger partial charge in [-0.3, -0.25) is 0 Å². The Labute approximate surface area is 306 Å². The summed E-state index contributed by atoms with van der Waals surface area (Å²) in [5, 5.41) is 0.639. The lowest BCUT2D eigenvalue weighted by molar-refractivity contribution is 0.361. The van der Waals surface area contributed by atoms with Crippen LogP contribution in [0.1, 0.15) is 22.3 Å². The standard InChI is InChI=1S/C47H29ClN2O2/c48-34-21-12-16-31(28-34)40-29-39(30-14-4-1-5-15-30)49-46(50-40)36-23-13-25-41-44(36)52-45-42(51-41)27-26-38-43(45)35-22-10-11-24-37(35)47(38,32-17-6-2-7-18-32)33-19-8-3-9-20-33/h1-29H. The molecule has 0 amide bonds. The van der Waals surface area contributed by atoms with Crippen molar-refractivity contribution in [3.63, 3.8) is 0 Å². The maximum Gasteiger partial charge on any atom is 0.181 e. The second-order valence-corrected chi connectivity index (χ2v) is 13.5. The number of hydrogen-bond donors (Lipinski definition) is 0. The van der Waals surface area contributed by atoms with E-state index in [1.54, 1.807) is 0 Å². The lowest BCUT2D eigenvalue weighted by Gasteiger charge is -2.34. The summed E-state index contributed by atoms with van der Waals surface area (Å²) in [6, 6.07) is 60.1. The molecule has 0 N–H and O–H groups in total. The zero-order valence-corrected chi connectivity index (χ0v) is 28.6. The molecule has 5 heteroatoms. The molecule has 2 aliphatic rings. The first-order chi connectivity index (χ1) is 25.7. The highest BCUT2D eigenvalue weighted by molar-refractivity contribution is 6.30. The number of hydrogen-bond acceptors (Lipinski definition) is 4. The monoisotopic (exact) mass is 688 g/mol. The van der Waals surface area contributed by atoms with Crippen molar-refractivity contribution in [2.24, 2.45) is 0 Å². The van der Waals surface area contributed by atoms with Crippen LogP contribution < -0.4 is 9.47 Å². The van der Waals surface area contributed by atoms with Crippen molar-refractivity contribution < 1.29 is 9.47 Å². The van der Waals surface area contributed by atoms with Crippen LogP contribution in [-0.2, 0) is 5.41 Å². The molecule has 0 unspecified atom stereocenters. The van der Waals surface area contributed by atoms with Crippen molar-refractivity contribution in [2.45, 2.75) is 5.41 Å². The normalized spacial score (nSPS) is 13.2. The summed E-state index contributed by atoms with van der Waals surface area (Å²) in [6.45, 7) is 0. The molecule has 2 heterocycles. The highest BCUT2D eigenvalue weighted by Crippen LogP contribution is 2.62. The predicted octanol–water partition coefficient (Wildman–Crippen LogP) is 12.4. The molecule has 246 valence electrons. The predicted molar refractivity (Wildman–Crippen MR) is 207 cm³/mol. The molecule has 0 saturated heterocycles. The Morgan fingerprint density at radius 2 is 1.04 bits per heavy atom. The van der Waals surface area contributed by atoms with Crippen LogP contribution in [0.3, 0.4) is 0 Å². The Kier molecular flexibility index (Phi) is 7.05. The van der Waals surface area contributed by atoms with Crippen LogP contribution in [0.15, 0.2) is 176 Å². The van der Waals surface area contributed by atoms with Gasteiger partial charge in [-0.1, -0.05) is 151 Å². The second kappa shape index (κ2) is 12.1. The Balaban J connectivity index is 1.19. The van der Waals surface area contributed by atoms with E-state index in [1.807, 2.05) is 72.8 Å². The van der Waals surface area contributed by atoms with Gasteiger partial charge in [-0.15, -0.1) is 0 Å². The van der Waals surface area contributed by atoms with Gasteiger partial charge in [0.05, 0.1) is 22.4 Å². The molecule has 0 saturated carbocycles. The maximum atomic E-state index is 7.11. The molecule has 0 atom stereocenters. The van der Waals surface area contributed by atoms with Gasteiger partial charge in [-0.25, -0.2) is 9.97 Å². The molecule has 10 rings (SSSR count). The number of halogens is 1. The van der Waals surface area contributed by atoms with Gasteiger partial charge in [0.15, 0.2) is 28.8 Å².